The fourth-order valence-corrected chi connectivity index (χ4v) is 3.43. The molecule has 0 spiro atoms. The van der Waals surface area contributed by atoms with Crippen LogP contribution in [0.2, 0.25) is 0 Å². The maximum Gasteiger partial charge on any atom is 0.183 e. The third kappa shape index (κ3) is 2.28. The molecule has 15 heavy (non-hydrogen) atoms. The molecule has 0 radical (unpaired) electrons. The number of hydrogen-bond acceptors (Lipinski definition) is 4. The lowest BCUT2D eigenvalue weighted by Gasteiger charge is -2.14. The molecule has 84 valence electrons. The molecule has 1 rings (SSSR count). The van der Waals surface area contributed by atoms with Gasteiger partial charge in [-0.15, -0.1) is 0 Å². The van der Waals surface area contributed by atoms with Gasteiger partial charge in [0, 0.05) is 6.20 Å². The smallest absolute Gasteiger partial charge is 0.183 e. The Morgan fingerprint density at radius 1 is 1.40 bits per heavy atom. The van der Waals surface area contributed by atoms with Crippen LogP contribution in [0.3, 0.4) is 0 Å². The van der Waals surface area contributed by atoms with E-state index in [2.05, 4.69) is 4.98 Å². The average Bonchev–Trinajstić information content (AvgIpc) is 2.19. The van der Waals surface area contributed by atoms with E-state index in [1.54, 1.807) is 0 Å². The average molecular weight is 228 g/mol. The first-order valence-corrected chi connectivity index (χ1v) is 6.52. The number of nitrogens with zero attached hydrogens (tertiary/aromatic N) is 1. The van der Waals surface area contributed by atoms with E-state index in [-0.39, 0.29) is 15.8 Å². The highest BCUT2D eigenvalue weighted by molar-refractivity contribution is 7.92. The van der Waals surface area contributed by atoms with Crippen molar-refractivity contribution in [3.05, 3.63) is 18.5 Å². The zero-order valence-corrected chi connectivity index (χ0v) is 9.79. The van der Waals surface area contributed by atoms with Crippen LogP contribution >= 0.6 is 0 Å². The molecule has 0 unspecified atom stereocenters. The predicted molar refractivity (Wildman–Crippen MR) is 60.2 cm³/mol. The molecule has 0 aliphatic carbocycles. The van der Waals surface area contributed by atoms with E-state index in [1.165, 1.54) is 18.5 Å². The van der Waals surface area contributed by atoms with Gasteiger partial charge in [0.05, 0.1) is 22.0 Å². The lowest BCUT2D eigenvalue weighted by atomic mass is 10.3. The van der Waals surface area contributed by atoms with Crippen molar-refractivity contribution in [2.24, 2.45) is 0 Å². The van der Waals surface area contributed by atoms with Gasteiger partial charge in [0.1, 0.15) is 0 Å². The lowest BCUT2D eigenvalue weighted by Crippen LogP contribution is -2.20. The van der Waals surface area contributed by atoms with Gasteiger partial charge in [0.2, 0.25) is 0 Å². The summed E-state index contributed by atoms with van der Waals surface area (Å²) >= 11 is 0. The van der Waals surface area contributed by atoms with E-state index in [0.29, 0.717) is 12.8 Å². The normalized spacial score (nSPS) is 11.9. The molecule has 2 N–H and O–H groups in total. The Balaban J connectivity index is 3.23. The molecule has 0 saturated heterocycles. The summed E-state index contributed by atoms with van der Waals surface area (Å²) in [6, 6.07) is 1.46. The molecule has 1 heterocycles. The Kier molecular flexibility index (Phi) is 3.68. The summed E-state index contributed by atoms with van der Waals surface area (Å²) < 4.78 is 24.2. The third-order valence-corrected chi connectivity index (χ3v) is 5.00. The molecule has 1 aromatic rings. The summed E-state index contributed by atoms with van der Waals surface area (Å²) in [5, 5.41) is -0.359. The van der Waals surface area contributed by atoms with Crippen LogP contribution < -0.4 is 5.73 Å². The second-order valence-electron chi connectivity index (χ2n) is 3.40. The van der Waals surface area contributed by atoms with Gasteiger partial charge in [-0.2, -0.15) is 0 Å². The van der Waals surface area contributed by atoms with Crippen LogP contribution in [0.25, 0.3) is 0 Å². The van der Waals surface area contributed by atoms with Crippen LogP contribution in [0, 0.1) is 0 Å². The fraction of sp³-hybridized carbons (Fsp3) is 0.500. The summed E-state index contributed by atoms with van der Waals surface area (Å²) in [6.45, 7) is 3.73. The highest BCUT2D eigenvalue weighted by atomic mass is 32.2. The molecule has 1 aromatic heterocycles. The number of pyridine rings is 1. The highest BCUT2D eigenvalue weighted by Gasteiger charge is 2.26. The number of rotatable bonds is 4. The minimum atomic E-state index is -3.30. The Hall–Kier alpha value is -1.10. The van der Waals surface area contributed by atoms with Gasteiger partial charge in [-0.05, 0) is 18.9 Å². The minimum absolute atomic E-state index is 0.200. The number of hydrogen-bond donors (Lipinski definition) is 1. The van der Waals surface area contributed by atoms with Crippen molar-refractivity contribution in [3.8, 4) is 0 Å². The number of nitrogens with two attached hydrogens (primary N) is 1. The first kappa shape index (κ1) is 12.0. The topological polar surface area (TPSA) is 73.0 Å². The van der Waals surface area contributed by atoms with E-state index >= 15 is 0 Å². The van der Waals surface area contributed by atoms with Crippen LogP contribution in [0.1, 0.15) is 26.7 Å². The first-order chi connectivity index (χ1) is 7.04. The highest BCUT2D eigenvalue weighted by Crippen LogP contribution is 2.24. The SMILES string of the molecule is CCC(CC)S(=O)(=O)c1ccncc1N. The molecule has 4 nitrogen and oxygen atoms in total. The second kappa shape index (κ2) is 4.61. The predicted octanol–water partition coefficient (Wildman–Crippen LogP) is 1.63. The minimum Gasteiger partial charge on any atom is -0.396 e. The van der Waals surface area contributed by atoms with Gasteiger partial charge in [0.15, 0.2) is 9.84 Å². The zero-order chi connectivity index (χ0) is 11.5. The quantitative estimate of drug-likeness (QED) is 0.850. The number of aromatic nitrogens is 1. The summed E-state index contributed by atoms with van der Waals surface area (Å²) in [5.41, 5.74) is 5.84. The summed E-state index contributed by atoms with van der Waals surface area (Å²) in [7, 11) is -3.30. The van der Waals surface area contributed by atoms with Crippen molar-refractivity contribution < 1.29 is 8.42 Å². The van der Waals surface area contributed by atoms with Crippen molar-refractivity contribution in [2.75, 3.05) is 5.73 Å². The maximum atomic E-state index is 12.1. The van der Waals surface area contributed by atoms with Crippen molar-refractivity contribution in [2.45, 2.75) is 36.8 Å². The molecule has 0 fully saturated rings. The largest absolute Gasteiger partial charge is 0.396 e. The fourth-order valence-electron chi connectivity index (χ4n) is 1.56. The first-order valence-electron chi connectivity index (χ1n) is 4.97. The van der Waals surface area contributed by atoms with E-state index in [0.717, 1.165) is 0 Å². The van der Waals surface area contributed by atoms with Crippen LogP contribution in [0.4, 0.5) is 5.69 Å². The summed E-state index contributed by atoms with van der Waals surface area (Å²) in [4.78, 5) is 3.98. The van der Waals surface area contributed by atoms with Gasteiger partial charge in [-0.25, -0.2) is 8.42 Å². The van der Waals surface area contributed by atoms with E-state index in [4.69, 9.17) is 5.73 Å². The molecule has 5 heteroatoms. The molecular weight excluding hydrogens is 212 g/mol. The van der Waals surface area contributed by atoms with Crippen LogP contribution in [-0.4, -0.2) is 18.7 Å². The lowest BCUT2D eigenvalue weighted by molar-refractivity contribution is 0.572. The van der Waals surface area contributed by atoms with Gasteiger partial charge in [0.25, 0.3) is 0 Å². The number of anilines is 1. The van der Waals surface area contributed by atoms with Crippen molar-refractivity contribution in [3.63, 3.8) is 0 Å². The molecule has 0 aromatic carbocycles. The third-order valence-electron chi connectivity index (χ3n) is 2.47. The molecule has 0 amide bonds. The molecule has 0 saturated carbocycles. The molecule has 0 aliphatic rings. The van der Waals surface area contributed by atoms with Gasteiger partial charge in [-0.3, -0.25) is 4.98 Å². The summed E-state index contributed by atoms with van der Waals surface area (Å²) in [6.07, 6.45) is 4.02. The molecular formula is C10H16N2O2S. The molecule has 0 atom stereocenters. The molecule has 0 aliphatic heterocycles. The van der Waals surface area contributed by atoms with Crippen molar-refractivity contribution >= 4 is 15.5 Å². The second-order valence-corrected chi connectivity index (χ2v) is 5.59. The van der Waals surface area contributed by atoms with E-state index in [1.807, 2.05) is 13.8 Å². The van der Waals surface area contributed by atoms with Gasteiger partial charge >= 0.3 is 0 Å². The summed E-state index contributed by atoms with van der Waals surface area (Å²) in [5.74, 6) is 0. The van der Waals surface area contributed by atoms with Gasteiger partial charge < -0.3 is 5.73 Å². The van der Waals surface area contributed by atoms with Crippen LogP contribution in [-0.2, 0) is 9.84 Å². The Labute approximate surface area is 90.4 Å². The van der Waals surface area contributed by atoms with Crippen LogP contribution in [0.5, 0.6) is 0 Å². The number of sulfone groups is 1. The van der Waals surface area contributed by atoms with Crippen LogP contribution in [0.15, 0.2) is 23.4 Å². The van der Waals surface area contributed by atoms with Gasteiger partial charge in [-0.1, -0.05) is 13.8 Å². The standard InChI is InChI=1S/C10H16N2O2S/c1-3-8(4-2)15(13,14)10-5-6-12-7-9(10)11/h5-8H,3-4,11H2,1-2H3. The Morgan fingerprint density at radius 2 is 2.00 bits per heavy atom. The maximum absolute atomic E-state index is 12.1. The zero-order valence-electron chi connectivity index (χ0n) is 8.97. The monoisotopic (exact) mass is 228 g/mol. The number of nitrogen functional groups attached to an aromatic ring is 1. The molecule has 0 bridgehead atoms. The van der Waals surface area contributed by atoms with Crippen molar-refractivity contribution in [1.29, 1.82) is 0 Å². The Bertz CT molecular complexity index is 425. The van der Waals surface area contributed by atoms with E-state index < -0.39 is 9.84 Å². The van der Waals surface area contributed by atoms with E-state index in [9.17, 15) is 8.42 Å². The van der Waals surface area contributed by atoms with Crippen molar-refractivity contribution in [1.82, 2.24) is 4.98 Å². The Morgan fingerprint density at radius 3 is 2.47 bits per heavy atom.